The SMILES string of the molecule is O=Cc1ccnc(-n2nccc2OCc2ccc(F)cc2)c1. The van der Waals surface area contributed by atoms with Crippen molar-refractivity contribution < 1.29 is 13.9 Å². The van der Waals surface area contributed by atoms with Gasteiger partial charge in [0.2, 0.25) is 5.88 Å². The summed E-state index contributed by atoms with van der Waals surface area (Å²) in [5, 5.41) is 4.14. The summed E-state index contributed by atoms with van der Waals surface area (Å²) in [6.45, 7) is 0.277. The van der Waals surface area contributed by atoms with Crippen LogP contribution in [0.2, 0.25) is 0 Å². The van der Waals surface area contributed by atoms with Gasteiger partial charge in [-0.05, 0) is 29.8 Å². The number of rotatable bonds is 5. The molecule has 0 aliphatic carbocycles. The topological polar surface area (TPSA) is 57.0 Å². The van der Waals surface area contributed by atoms with Gasteiger partial charge >= 0.3 is 0 Å². The Kier molecular flexibility index (Phi) is 3.91. The molecule has 0 bridgehead atoms. The van der Waals surface area contributed by atoms with E-state index in [1.165, 1.54) is 23.0 Å². The quantitative estimate of drug-likeness (QED) is 0.679. The maximum Gasteiger partial charge on any atom is 0.218 e. The fraction of sp³-hybridized carbons (Fsp3) is 0.0625. The highest BCUT2D eigenvalue weighted by Gasteiger charge is 2.08. The Morgan fingerprint density at radius 2 is 1.95 bits per heavy atom. The van der Waals surface area contributed by atoms with Crippen molar-refractivity contribution in [2.75, 3.05) is 0 Å². The fourth-order valence-electron chi connectivity index (χ4n) is 1.93. The van der Waals surface area contributed by atoms with Crippen molar-refractivity contribution in [3.63, 3.8) is 0 Å². The monoisotopic (exact) mass is 297 g/mol. The smallest absolute Gasteiger partial charge is 0.218 e. The minimum absolute atomic E-state index is 0.277. The van der Waals surface area contributed by atoms with Crippen LogP contribution in [0.5, 0.6) is 5.88 Å². The van der Waals surface area contributed by atoms with Crippen LogP contribution < -0.4 is 4.74 Å². The second kappa shape index (κ2) is 6.17. The van der Waals surface area contributed by atoms with Gasteiger partial charge in [0.25, 0.3) is 0 Å². The molecule has 0 aliphatic heterocycles. The van der Waals surface area contributed by atoms with Gasteiger partial charge in [0.1, 0.15) is 18.7 Å². The molecule has 3 rings (SSSR count). The number of hydrogen-bond acceptors (Lipinski definition) is 4. The van der Waals surface area contributed by atoms with Crippen molar-refractivity contribution in [3.05, 3.63) is 71.8 Å². The van der Waals surface area contributed by atoms with Crippen molar-refractivity contribution >= 4 is 6.29 Å². The summed E-state index contributed by atoms with van der Waals surface area (Å²) in [4.78, 5) is 15.0. The number of aromatic nitrogens is 3. The number of halogens is 1. The molecular weight excluding hydrogens is 285 g/mol. The summed E-state index contributed by atoms with van der Waals surface area (Å²) in [7, 11) is 0. The zero-order valence-corrected chi connectivity index (χ0v) is 11.5. The molecule has 0 unspecified atom stereocenters. The first-order chi connectivity index (χ1) is 10.8. The molecule has 3 aromatic rings. The van der Waals surface area contributed by atoms with Crippen molar-refractivity contribution in [1.82, 2.24) is 14.8 Å². The minimum atomic E-state index is -0.288. The highest BCUT2D eigenvalue weighted by molar-refractivity contribution is 5.75. The van der Waals surface area contributed by atoms with Gasteiger partial charge < -0.3 is 4.74 Å². The summed E-state index contributed by atoms with van der Waals surface area (Å²) in [6.07, 6.45) is 3.85. The van der Waals surface area contributed by atoms with Gasteiger partial charge in [-0.3, -0.25) is 4.79 Å². The first-order valence-corrected chi connectivity index (χ1v) is 6.59. The van der Waals surface area contributed by atoms with Crippen LogP contribution in [0.3, 0.4) is 0 Å². The van der Waals surface area contributed by atoms with Crippen molar-refractivity contribution in [2.45, 2.75) is 6.61 Å². The molecule has 2 aromatic heterocycles. The second-order valence-corrected chi connectivity index (χ2v) is 4.56. The Hall–Kier alpha value is -3.02. The van der Waals surface area contributed by atoms with E-state index in [9.17, 15) is 9.18 Å². The molecule has 0 saturated heterocycles. The Bertz CT molecular complexity index is 784. The lowest BCUT2D eigenvalue weighted by Gasteiger charge is -2.09. The Balaban J connectivity index is 1.79. The van der Waals surface area contributed by atoms with Crippen molar-refractivity contribution in [1.29, 1.82) is 0 Å². The first kappa shape index (κ1) is 13.9. The van der Waals surface area contributed by atoms with Crippen molar-refractivity contribution in [3.8, 4) is 11.7 Å². The molecule has 0 atom stereocenters. The summed E-state index contributed by atoms with van der Waals surface area (Å²) < 4.78 is 20.0. The predicted molar refractivity (Wildman–Crippen MR) is 77.5 cm³/mol. The number of aldehydes is 1. The molecule has 6 heteroatoms. The molecule has 1 aromatic carbocycles. The molecule has 0 saturated carbocycles. The largest absolute Gasteiger partial charge is 0.473 e. The van der Waals surface area contributed by atoms with Crippen LogP contribution in [0.4, 0.5) is 4.39 Å². The Labute approximate surface area is 126 Å². The van der Waals surface area contributed by atoms with Crippen LogP contribution in [0.1, 0.15) is 15.9 Å². The van der Waals surface area contributed by atoms with Crippen LogP contribution in [0.15, 0.2) is 54.9 Å². The van der Waals surface area contributed by atoms with E-state index < -0.39 is 0 Å². The van der Waals surface area contributed by atoms with Gasteiger partial charge in [-0.1, -0.05) is 12.1 Å². The van der Waals surface area contributed by atoms with Gasteiger partial charge in [-0.15, -0.1) is 0 Å². The number of ether oxygens (including phenoxy) is 1. The minimum Gasteiger partial charge on any atom is -0.473 e. The molecule has 2 heterocycles. The third kappa shape index (κ3) is 3.01. The standard InChI is InChI=1S/C16H12FN3O2/c17-14-3-1-12(2-4-14)11-22-16-6-8-19-20(16)15-9-13(10-21)5-7-18-15/h1-10H,11H2. The maximum absolute atomic E-state index is 12.9. The third-order valence-electron chi connectivity index (χ3n) is 3.03. The first-order valence-electron chi connectivity index (χ1n) is 6.59. The van der Waals surface area contributed by atoms with E-state index in [1.807, 2.05) is 0 Å². The van der Waals surface area contributed by atoms with E-state index in [-0.39, 0.29) is 12.4 Å². The lowest BCUT2D eigenvalue weighted by molar-refractivity contribution is 0.112. The van der Waals surface area contributed by atoms with Crippen LogP contribution in [-0.4, -0.2) is 21.1 Å². The van der Waals surface area contributed by atoms with Gasteiger partial charge in [0.15, 0.2) is 5.82 Å². The van der Waals surface area contributed by atoms with E-state index in [4.69, 9.17) is 4.74 Å². The Morgan fingerprint density at radius 3 is 2.73 bits per heavy atom. The Morgan fingerprint density at radius 1 is 1.14 bits per heavy atom. The molecule has 22 heavy (non-hydrogen) atoms. The maximum atomic E-state index is 12.9. The zero-order chi connectivity index (χ0) is 15.4. The summed E-state index contributed by atoms with van der Waals surface area (Å²) in [5.74, 6) is 0.687. The normalized spacial score (nSPS) is 10.4. The number of nitrogens with zero attached hydrogens (tertiary/aromatic N) is 3. The van der Waals surface area contributed by atoms with Gasteiger partial charge in [0, 0.05) is 17.8 Å². The molecule has 0 spiro atoms. The number of carbonyl (C=O) groups excluding carboxylic acids is 1. The number of hydrogen-bond donors (Lipinski definition) is 0. The fourth-order valence-corrected chi connectivity index (χ4v) is 1.93. The van der Waals surface area contributed by atoms with Crippen molar-refractivity contribution in [2.24, 2.45) is 0 Å². The van der Waals surface area contributed by atoms with Gasteiger partial charge in [0.05, 0.1) is 6.20 Å². The lowest BCUT2D eigenvalue weighted by Crippen LogP contribution is -2.05. The number of benzene rings is 1. The molecule has 0 N–H and O–H groups in total. The highest BCUT2D eigenvalue weighted by Crippen LogP contribution is 2.17. The second-order valence-electron chi connectivity index (χ2n) is 4.56. The van der Waals surface area contributed by atoms with E-state index in [0.29, 0.717) is 17.3 Å². The van der Waals surface area contributed by atoms with Crippen LogP contribution >= 0.6 is 0 Å². The average Bonchev–Trinajstić information content (AvgIpc) is 3.03. The molecule has 0 aliphatic rings. The summed E-state index contributed by atoms with van der Waals surface area (Å²) >= 11 is 0. The predicted octanol–water partition coefficient (Wildman–Crippen LogP) is 2.80. The lowest BCUT2D eigenvalue weighted by atomic mass is 10.2. The van der Waals surface area contributed by atoms with E-state index in [2.05, 4.69) is 10.1 Å². The molecule has 110 valence electrons. The van der Waals surface area contributed by atoms with Gasteiger partial charge in [-0.25, -0.2) is 9.37 Å². The van der Waals surface area contributed by atoms with Gasteiger partial charge in [-0.2, -0.15) is 9.78 Å². The van der Waals surface area contributed by atoms with E-state index >= 15 is 0 Å². The third-order valence-corrected chi connectivity index (χ3v) is 3.03. The van der Waals surface area contributed by atoms with Crippen LogP contribution in [0, 0.1) is 5.82 Å². The molecule has 0 radical (unpaired) electrons. The van der Waals surface area contributed by atoms with E-state index in [0.717, 1.165) is 11.8 Å². The number of pyridine rings is 1. The molecule has 5 nitrogen and oxygen atoms in total. The highest BCUT2D eigenvalue weighted by atomic mass is 19.1. The van der Waals surface area contributed by atoms with E-state index in [1.54, 1.807) is 36.5 Å². The number of carbonyl (C=O) groups is 1. The summed E-state index contributed by atoms with van der Waals surface area (Å²) in [5.41, 5.74) is 1.34. The van der Waals surface area contributed by atoms with Crippen LogP contribution in [0.25, 0.3) is 5.82 Å². The molecular formula is C16H12FN3O2. The van der Waals surface area contributed by atoms with Crippen LogP contribution in [-0.2, 0) is 6.61 Å². The average molecular weight is 297 g/mol. The zero-order valence-electron chi connectivity index (χ0n) is 11.5. The summed E-state index contributed by atoms with van der Waals surface area (Å²) in [6, 6.07) is 11.0. The molecule has 0 fully saturated rings. The molecule has 0 amide bonds.